The molecule has 0 aromatic rings. The molecule has 1 heterocycles. The highest BCUT2D eigenvalue weighted by Gasteiger charge is 2.20. The first-order valence-corrected chi connectivity index (χ1v) is 3.47. The summed E-state index contributed by atoms with van der Waals surface area (Å²) in [7, 11) is -6.00. The van der Waals surface area contributed by atoms with Crippen molar-refractivity contribution in [1.29, 1.82) is 0 Å². The number of nitrogens with one attached hydrogen (secondary N) is 1. The van der Waals surface area contributed by atoms with E-state index in [0.29, 0.717) is 0 Å². The fraction of sp³-hybridized carbons (Fsp3) is 1.00. The van der Waals surface area contributed by atoms with Crippen LogP contribution < -0.4 is 5.32 Å². The van der Waals surface area contributed by atoms with E-state index in [4.69, 9.17) is 0 Å². The van der Waals surface area contributed by atoms with Crippen LogP contribution in [0.15, 0.2) is 0 Å². The monoisotopic (exact) mass is 172 g/mol. The molecule has 0 spiro atoms. The average molecular weight is 172 g/mol. The molecule has 1 N–H and O–H groups in total. The highest BCUT2D eigenvalue weighted by atomic mass is 19.5. The maximum absolute atomic E-state index is 9.75. The fourth-order valence-corrected chi connectivity index (χ4v) is 0.799. The van der Waals surface area contributed by atoms with Gasteiger partial charge in [-0.25, -0.2) is 0 Å². The van der Waals surface area contributed by atoms with Crippen LogP contribution >= 0.6 is 0 Å². The molecule has 0 bridgehead atoms. The van der Waals surface area contributed by atoms with E-state index in [2.05, 4.69) is 12.2 Å². The second kappa shape index (κ2) is 4.59. The van der Waals surface area contributed by atoms with Crippen LogP contribution in [0.2, 0.25) is 0 Å². The Morgan fingerprint density at radius 1 is 1.27 bits per heavy atom. The van der Waals surface area contributed by atoms with Crippen molar-refractivity contribution in [3.8, 4) is 0 Å². The minimum atomic E-state index is -6.00. The van der Waals surface area contributed by atoms with Gasteiger partial charge < -0.3 is 22.6 Å². The van der Waals surface area contributed by atoms with Crippen molar-refractivity contribution in [2.45, 2.75) is 13.3 Å². The molecule has 1 unspecified atom stereocenters. The molecule has 1 saturated heterocycles. The van der Waals surface area contributed by atoms with Gasteiger partial charge in [-0.05, 0) is 25.4 Å². The zero-order valence-corrected chi connectivity index (χ0v) is 6.29. The third-order valence-corrected chi connectivity index (χ3v) is 1.31. The first-order valence-electron chi connectivity index (χ1n) is 3.47. The molecule has 68 valence electrons. The Morgan fingerprint density at radius 2 is 1.73 bits per heavy atom. The topological polar surface area (TPSA) is 12.0 Å². The molecule has 1 atom stereocenters. The molecule has 0 saturated carbocycles. The number of halogens is 4. The van der Waals surface area contributed by atoms with Gasteiger partial charge in [0.05, 0.1) is 0 Å². The quantitative estimate of drug-likeness (QED) is 0.434. The summed E-state index contributed by atoms with van der Waals surface area (Å²) in [6.07, 6.45) is 1.38. The van der Waals surface area contributed by atoms with E-state index in [1.54, 1.807) is 0 Å². The van der Waals surface area contributed by atoms with Gasteiger partial charge in [0.15, 0.2) is 0 Å². The molecule has 1 aliphatic heterocycles. The highest BCUT2D eigenvalue weighted by molar-refractivity contribution is 6.50. The second-order valence-electron chi connectivity index (χ2n) is 2.59. The van der Waals surface area contributed by atoms with Crippen LogP contribution in [-0.2, 0) is 0 Å². The molecule has 11 heavy (non-hydrogen) atoms. The first kappa shape index (κ1) is 10.7. The molecule has 0 aliphatic carbocycles. The van der Waals surface area contributed by atoms with Crippen molar-refractivity contribution in [3.63, 3.8) is 0 Å². The van der Waals surface area contributed by atoms with Crippen molar-refractivity contribution < 1.29 is 17.3 Å². The normalized spacial score (nSPS) is 24.3. The van der Waals surface area contributed by atoms with Gasteiger partial charge in [-0.2, -0.15) is 0 Å². The maximum atomic E-state index is 9.75. The SMILES string of the molecule is CC1CCNC1.F[B-](F)(F)F. The summed E-state index contributed by atoms with van der Waals surface area (Å²) in [4.78, 5) is 0. The van der Waals surface area contributed by atoms with Crippen LogP contribution in [0, 0.1) is 5.92 Å². The Kier molecular flexibility index (Phi) is 4.48. The molecule has 1 rings (SSSR count). The standard InChI is InChI=1S/C5H11N.BF4/c1-5-2-3-6-4-5;2-1(3,4)5/h5-6H,2-4H2,1H3;/q;-1. The minimum absolute atomic E-state index is 0.935. The van der Waals surface area contributed by atoms with Crippen LogP contribution in [0.5, 0.6) is 0 Å². The highest BCUT2D eigenvalue weighted by Crippen LogP contribution is 2.06. The Bertz CT molecular complexity index is 93.1. The lowest BCUT2D eigenvalue weighted by atomic mass is 10.2. The molecule has 0 aromatic heterocycles. The van der Waals surface area contributed by atoms with Crippen LogP contribution in [0.1, 0.15) is 13.3 Å². The van der Waals surface area contributed by atoms with Crippen LogP contribution in [0.25, 0.3) is 0 Å². The largest absolute Gasteiger partial charge is 0.673 e. The summed E-state index contributed by atoms with van der Waals surface area (Å²) in [6, 6.07) is 0. The van der Waals surface area contributed by atoms with Crippen molar-refractivity contribution in [2.24, 2.45) is 5.92 Å². The molecule has 1 nitrogen and oxygen atoms in total. The van der Waals surface area contributed by atoms with Crippen molar-refractivity contribution in [2.75, 3.05) is 13.1 Å². The predicted octanol–water partition coefficient (Wildman–Crippen LogP) is 1.92. The van der Waals surface area contributed by atoms with E-state index in [9.17, 15) is 17.3 Å². The second-order valence-corrected chi connectivity index (χ2v) is 2.59. The van der Waals surface area contributed by atoms with Gasteiger partial charge in [-0.3, -0.25) is 0 Å². The first-order chi connectivity index (χ1) is 4.89. The molecule has 6 heteroatoms. The van der Waals surface area contributed by atoms with Gasteiger partial charge in [0, 0.05) is 0 Å². The van der Waals surface area contributed by atoms with Gasteiger partial charge in [0.2, 0.25) is 0 Å². The lowest BCUT2D eigenvalue weighted by Gasteiger charge is -1.94. The fourth-order valence-electron chi connectivity index (χ4n) is 0.799. The Morgan fingerprint density at radius 3 is 1.82 bits per heavy atom. The van der Waals surface area contributed by atoms with Crippen molar-refractivity contribution >= 4 is 7.25 Å². The van der Waals surface area contributed by atoms with Gasteiger partial charge in [-0.15, -0.1) is 0 Å². The molecular weight excluding hydrogens is 161 g/mol. The number of rotatable bonds is 0. The summed E-state index contributed by atoms with van der Waals surface area (Å²) >= 11 is 0. The van der Waals surface area contributed by atoms with E-state index in [0.717, 1.165) is 5.92 Å². The van der Waals surface area contributed by atoms with E-state index in [1.165, 1.54) is 19.5 Å². The van der Waals surface area contributed by atoms with E-state index in [1.807, 2.05) is 0 Å². The van der Waals surface area contributed by atoms with Gasteiger partial charge in [0.25, 0.3) is 0 Å². The maximum Gasteiger partial charge on any atom is 0.673 e. The van der Waals surface area contributed by atoms with Gasteiger partial charge in [-0.1, -0.05) is 6.92 Å². The lowest BCUT2D eigenvalue weighted by Crippen LogP contribution is -2.06. The molecule has 1 aliphatic rings. The molecule has 0 amide bonds. The van der Waals surface area contributed by atoms with Crippen molar-refractivity contribution in [3.05, 3.63) is 0 Å². The number of hydrogen-bond acceptors (Lipinski definition) is 1. The van der Waals surface area contributed by atoms with Gasteiger partial charge in [0.1, 0.15) is 0 Å². The number of hydrogen-bond donors (Lipinski definition) is 1. The minimum Gasteiger partial charge on any atom is -0.418 e. The Hall–Kier alpha value is -0.255. The molecular formula is C5H11BF4N-. The summed E-state index contributed by atoms with van der Waals surface area (Å²) in [5.74, 6) is 0.935. The third-order valence-electron chi connectivity index (χ3n) is 1.31. The van der Waals surface area contributed by atoms with Crippen LogP contribution in [-0.4, -0.2) is 20.3 Å². The summed E-state index contributed by atoms with van der Waals surface area (Å²) in [6.45, 7) is 4.75. The molecule has 0 radical (unpaired) electrons. The van der Waals surface area contributed by atoms with Gasteiger partial charge >= 0.3 is 7.25 Å². The predicted molar refractivity (Wildman–Crippen MR) is 36.8 cm³/mol. The smallest absolute Gasteiger partial charge is 0.418 e. The van der Waals surface area contributed by atoms with Crippen LogP contribution in [0.3, 0.4) is 0 Å². The summed E-state index contributed by atoms with van der Waals surface area (Å²) in [5, 5.41) is 3.27. The van der Waals surface area contributed by atoms with Crippen molar-refractivity contribution in [1.82, 2.24) is 5.32 Å². The van der Waals surface area contributed by atoms with E-state index in [-0.39, 0.29) is 0 Å². The average Bonchev–Trinajstić information content (AvgIpc) is 2.12. The Labute approximate surface area is 63.3 Å². The zero-order chi connectivity index (χ0) is 8.91. The van der Waals surface area contributed by atoms with Crippen LogP contribution in [0.4, 0.5) is 17.3 Å². The van der Waals surface area contributed by atoms with E-state index >= 15 is 0 Å². The summed E-state index contributed by atoms with van der Waals surface area (Å²) in [5.41, 5.74) is 0. The van der Waals surface area contributed by atoms with E-state index < -0.39 is 7.25 Å². The zero-order valence-electron chi connectivity index (χ0n) is 6.29. The molecule has 1 fully saturated rings. The Balaban J connectivity index is 0.000000187. The lowest BCUT2D eigenvalue weighted by molar-refractivity contribution is 0.368. The summed E-state index contributed by atoms with van der Waals surface area (Å²) < 4.78 is 39.0. The molecule has 0 aromatic carbocycles. The third kappa shape index (κ3) is 12.8.